The van der Waals surface area contributed by atoms with Crippen LogP contribution >= 0.6 is 11.3 Å². The van der Waals surface area contributed by atoms with Gasteiger partial charge < -0.3 is 16.4 Å². The Bertz CT molecular complexity index is 524. The van der Waals surface area contributed by atoms with Crippen LogP contribution in [-0.2, 0) is 13.0 Å². The zero-order valence-electron chi connectivity index (χ0n) is 10.4. The molecule has 4 N–H and O–H groups in total. The van der Waals surface area contributed by atoms with Gasteiger partial charge in [0.1, 0.15) is 16.6 Å². The quantitative estimate of drug-likeness (QED) is 0.762. The minimum atomic E-state index is 0.248. The fourth-order valence-electron chi connectivity index (χ4n) is 1.44. The average molecular weight is 264 g/mol. The zero-order chi connectivity index (χ0) is 13.0. The summed E-state index contributed by atoms with van der Waals surface area (Å²) >= 11 is 1.70. The van der Waals surface area contributed by atoms with E-state index in [4.69, 9.17) is 5.73 Å². The number of nitrogens with one attached hydrogen (secondary N) is 2. The summed E-state index contributed by atoms with van der Waals surface area (Å²) in [7, 11) is 1.79. The number of hydrogen-bond acceptors (Lipinski definition) is 7. The molecule has 6 nitrogen and oxygen atoms in total. The largest absolute Gasteiger partial charge is 0.373 e. The summed E-state index contributed by atoms with van der Waals surface area (Å²) in [5, 5.41) is 7.16. The first-order valence-corrected chi connectivity index (χ1v) is 6.52. The van der Waals surface area contributed by atoms with Gasteiger partial charge in [-0.15, -0.1) is 11.3 Å². The molecule has 0 bridgehead atoms. The molecule has 96 valence electrons. The van der Waals surface area contributed by atoms with Crippen molar-refractivity contribution in [1.29, 1.82) is 0 Å². The van der Waals surface area contributed by atoms with Gasteiger partial charge >= 0.3 is 0 Å². The minimum Gasteiger partial charge on any atom is -0.373 e. The maximum Gasteiger partial charge on any atom is 0.223 e. The Morgan fingerprint density at radius 3 is 2.78 bits per heavy atom. The van der Waals surface area contributed by atoms with Gasteiger partial charge in [0.2, 0.25) is 5.95 Å². The van der Waals surface area contributed by atoms with Crippen molar-refractivity contribution >= 4 is 28.9 Å². The van der Waals surface area contributed by atoms with Gasteiger partial charge in [0.25, 0.3) is 0 Å². The first-order valence-electron chi connectivity index (χ1n) is 5.71. The summed E-state index contributed by atoms with van der Waals surface area (Å²) in [5.74, 6) is 1.64. The molecule has 0 saturated heterocycles. The Kier molecular flexibility index (Phi) is 3.93. The van der Waals surface area contributed by atoms with Crippen molar-refractivity contribution < 1.29 is 0 Å². The van der Waals surface area contributed by atoms with Crippen LogP contribution in [0.3, 0.4) is 0 Å². The number of anilines is 3. The molecule has 0 radical (unpaired) electrons. The Hall–Kier alpha value is -1.89. The van der Waals surface area contributed by atoms with Crippen molar-refractivity contribution in [3.8, 4) is 0 Å². The molecule has 7 heteroatoms. The highest BCUT2D eigenvalue weighted by molar-refractivity contribution is 7.11. The summed E-state index contributed by atoms with van der Waals surface area (Å²) in [5.41, 5.74) is 5.61. The van der Waals surface area contributed by atoms with Crippen molar-refractivity contribution in [2.45, 2.75) is 19.9 Å². The van der Waals surface area contributed by atoms with Gasteiger partial charge in [-0.05, 0) is 6.42 Å². The maximum atomic E-state index is 5.61. The van der Waals surface area contributed by atoms with Crippen molar-refractivity contribution in [3.63, 3.8) is 0 Å². The Morgan fingerprint density at radius 2 is 2.11 bits per heavy atom. The van der Waals surface area contributed by atoms with Crippen LogP contribution < -0.4 is 16.4 Å². The molecule has 0 spiro atoms. The molecule has 0 aliphatic carbocycles. The highest BCUT2D eigenvalue weighted by Crippen LogP contribution is 2.16. The van der Waals surface area contributed by atoms with E-state index in [1.807, 2.05) is 12.3 Å². The Balaban J connectivity index is 2.03. The van der Waals surface area contributed by atoms with E-state index in [0.717, 1.165) is 11.4 Å². The van der Waals surface area contributed by atoms with E-state index in [2.05, 4.69) is 32.5 Å². The van der Waals surface area contributed by atoms with Crippen LogP contribution in [0.1, 0.15) is 16.8 Å². The molecule has 0 amide bonds. The highest BCUT2D eigenvalue weighted by Gasteiger charge is 2.03. The molecule has 0 fully saturated rings. The number of nitrogen functional groups attached to an aromatic ring is 1. The number of hydrogen-bond donors (Lipinski definition) is 3. The van der Waals surface area contributed by atoms with Crippen LogP contribution in [0.5, 0.6) is 0 Å². The first kappa shape index (κ1) is 12.6. The van der Waals surface area contributed by atoms with Gasteiger partial charge in [-0.3, -0.25) is 0 Å². The van der Waals surface area contributed by atoms with E-state index in [9.17, 15) is 0 Å². The smallest absolute Gasteiger partial charge is 0.223 e. The van der Waals surface area contributed by atoms with Gasteiger partial charge in [0.15, 0.2) is 0 Å². The summed E-state index contributed by atoms with van der Waals surface area (Å²) in [4.78, 5) is 13.8. The molecule has 0 aliphatic heterocycles. The predicted molar refractivity (Wildman–Crippen MR) is 74.8 cm³/mol. The van der Waals surface area contributed by atoms with E-state index < -0.39 is 0 Å². The van der Waals surface area contributed by atoms with E-state index in [1.54, 1.807) is 18.4 Å². The van der Waals surface area contributed by atoms with Gasteiger partial charge in [-0.1, -0.05) is 6.92 Å². The van der Waals surface area contributed by atoms with E-state index in [-0.39, 0.29) is 5.95 Å². The molecule has 2 aromatic heterocycles. The van der Waals surface area contributed by atoms with E-state index in [1.165, 1.54) is 4.88 Å². The number of aryl methyl sites for hydroxylation is 1. The van der Waals surface area contributed by atoms with Crippen LogP contribution in [0.25, 0.3) is 0 Å². The number of aromatic nitrogens is 3. The molecule has 2 rings (SSSR count). The van der Waals surface area contributed by atoms with Gasteiger partial charge in [0.05, 0.1) is 6.54 Å². The Morgan fingerprint density at radius 1 is 1.33 bits per heavy atom. The number of rotatable bonds is 5. The van der Waals surface area contributed by atoms with Crippen LogP contribution in [0.15, 0.2) is 12.3 Å². The molecule has 0 aromatic carbocycles. The lowest BCUT2D eigenvalue weighted by Crippen LogP contribution is -2.06. The molecule has 18 heavy (non-hydrogen) atoms. The second kappa shape index (κ2) is 5.63. The summed E-state index contributed by atoms with van der Waals surface area (Å²) in [6, 6.07) is 1.81. The number of nitrogens with zero attached hydrogens (tertiary/aromatic N) is 3. The Labute approximate surface area is 110 Å². The highest BCUT2D eigenvalue weighted by atomic mass is 32.1. The molecular formula is C11H16N6S. The van der Waals surface area contributed by atoms with E-state index >= 15 is 0 Å². The second-order valence-corrected chi connectivity index (χ2v) is 4.87. The van der Waals surface area contributed by atoms with Crippen LogP contribution in [0, 0.1) is 0 Å². The van der Waals surface area contributed by atoms with Crippen LogP contribution in [0.2, 0.25) is 0 Å². The maximum absolute atomic E-state index is 5.61. The molecule has 2 heterocycles. The molecule has 0 aliphatic rings. The van der Waals surface area contributed by atoms with E-state index in [0.29, 0.717) is 18.2 Å². The number of nitrogens with two attached hydrogens (primary N) is 1. The van der Waals surface area contributed by atoms with Gasteiger partial charge in [0, 0.05) is 24.2 Å². The average Bonchev–Trinajstić information content (AvgIpc) is 2.83. The summed E-state index contributed by atoms with van der Waals surface area (Å²) < 4.78 is 0. The molecule has 0 atom stereocenters. The normalized spacial score (nSPS) is 10.3. The van der Waals surface area contributed by atoms with Crippen molar-refractivity contribution in [1.82, 2.24) is 15.0 Å². The zero-order valence-corrected chi connectivity index (χ0v) is 11.2. The van der Waals surface area contributed by atoms with Crippen LogP contribution in [-0.4, -0.2) is 22.0 Å². The summed E-state index contributed by atoms with van der Waals surface area (Å²) in [6.07, 6.45) is 2.93. The molecule has 2 aromatic rings. The van der Waals surface area contributed by atoms with Crippen molar-refractivity contribution in [3.05, 3.63) is 22.1 Å². The molecule has 0 saturated carbocycles. The fourth-order valence-corrected chi connectivity index (χ4v) is 2.25. The predicted octanol–water partition coefficient (Wildman–Crippen LogP) is 1.73. The third-order valence-corrected chi connectivity index (χ3v) is 3.51. The van der Waals surface area contributed by atoms with Crippen molar-refractivity contribution in [2.75, 3.05) is 23.4 Å². The second-order valence-electron chi connectivity index (χ2n) is 3.67. The lowest BCUT2D eigenvalue weighted by Gasteiger charge is -2.06. The number of thiazole rings is 1. The summed E-state index contributed by atoms with van der Waals surface area (Å²) in [6.45, 7) is 2.76. The minimum absolute atomic E-state index is 0.248. The molecule has 0 unspecified atom stereocenters. The standard InChI is InChI=1S/C11H16N6S/c1-3-7-5-15-10(18-7)6-14-9-4-8(13-2)16-11(12)17-9/h4-5H,3,6H2,1-2H3,(H4,12,13,14,16,17). The monoisotopic (exact) mass is 264 g/mol. The third kappa shape index (κ3) is 3.07. The lowest BCUT2D eigenvalue weighted by atomic mass is 10.4. The topological polar surface area (TPSA) is 88.8 Å². The van der Waals surface area contributed by atoms with Gasteiger partial charge in [-0.2, -0.15) is 9.97 Å². The molecular weight excluding hydrogens is 248 g/mol. The van der Waals surface area contributed by atoms with Gasteiger partial charge in [-0.25, -0.2) is 4.98 Å². The third-order valence-electron chi connectivity index (χ3n) is 2.37. The lowest BCUT2D eigenvalue weighted by molar-refractivity contribution is 1.06. The van der Waals surface area contributed by atoms with Crippen molar-refractivity contribution in [2.24, 2.45) is 0 Å². The van der Waals surface area contributed by atoms with Crippen LogP contribution in [0.4, 0.5) is 17.6 Å². The fraction of sp³-hybridized carbons (Fsp3) is 0.364. The first-order chi connectivity index (χ1) is 8.71. The SMILES string of the molecule is CCc1cnc(CNc2cc(NC)nc(N)n2)s1.